The Morgan fingerprint density at radius 2 is 2.00 bits per heavy atom. The summed E-state index contributed by atoms with van der Waals surface area (Å²) in [6.45, 7) is 6.33. The van der Waals surface area contributed by atoms with Crippen LogP contribution in [0.1, 0.15) is 26.5 Å². The van der Waals surface area contributed by atoms with E-state index in [1.165, 1.54) is 6.26 Å². The van der Waals surface area contributed by atoms with Crippen LogP contribution in [-0.4, -0.2) is 30.0 Å². The summed E-state index contributed by atoms with van der Waals surface area (Å²) in [5.74, 6) is 0.700. The summed E-state index contributed by atoms with van der Waals surface area (Å²) in [7, 11) is 0. The molecule has 7 nitrogen and oxygen atoms in total. The molecule has 0 saturated carbocycles. The summed E-state index contributed by atoms with van der Waals surface area (Å²) in [5, 5.41) is 27.6. The Balaban J connectivity index is 1.77. The molecular weight excluding hydrogens is 386 g/mol. The Labute approximate surface area is 170 Å². The molecular formula is C21H19N5O2S. The molecule has 5 rings (SSSR count). The molecule has 0 fully saturated rings. The number of thiophene rings is 1. The van der Waals surface area contributed by atoms with E-state index < -0.39 is 0 Å². The molecule has 2 N–H and O–H groups in total. The van der Waals surface area contributed by atoms with Gasteiger partial charge in [0.25, 0.3) is 0 Å². The average molecular weight is 405 g/mol. The second kappa shape index (κ2) is 6.31. The first kappa shape index (κ1) is 17.7. The van der Waals surface area contributed by atoms with Crippen LogP contribution < -0.4 is 0 Å². The summed E-state index contributed by atoms with van der Waals surface area (Å²) < 4.78 is 6.68. The van der Waals surface area contributed by atoms with Gasteiger partial charge >= 0.3 is 0 Å². The standard InChI is InChI=1S/C21H19N5O2S/c1-21(2,3)19-16-17(23-24-19)20(27)26(18(16)13-7-9-29-11-13)15-5-4-12(10-22-15)14-6-8-28-25-14/h4-11,23,27H,1-3H3. The van der Waals surface area contributed by atoms with Crippen molar-refractivity contribution in [1.29, 1.82) is 0 Å². The third kappa shape index (κ3) is 2.75. The lowest BCUT2D eigenvalue weighted by molar-refractivity contribution is 0.422. The minimum absolute atomic E-state index is 0.0888. The first-order valence-corrected chi connectivity index (χ1v) is 10.1. The second-order valence-corrected chi connectivity index (χ2v) is 8.66. The molecule has 0 radical (unpaired) electrons. The van der Waals surface area contributed by atoms with Gasteiger partial charge in [0.2, 0.25) is 5.88 Å². The molecule has 5 heterocycles. The summed E-state index contributed by atoms with van der Waals surface area (Å²) in [4.78, 5) is 4.59. The van der Waals surface area contributed by atoms with Crippen LogP contribution in [0.25, 0.3) is 39.2 Å². The lowest BCUT2D eigenvalue weighted by atomic mass is 9.89. The largest absolute Gasteiger partial charge is 0.493 e. The van der Waals surface area contributed by atoms with Crippen molar-refractivity contribution in [2.75, 3.05) is 0 Å². The highest BCUT2D eigenvalue weighted by Crippen LogP contribution is 2.43. The van der Waals surface area contributed by atoms with Gasteiger partial charge in [-0.1, -0.05) is 25.9 Å². The Bertz CT molecular complexity index is 1270. The van der Waals surface area contributed by atoms with Gasteiger partial charge in [0.15, 0.2) is 0 Å². The molecule has 0 aliphatic carbocycles. The van der Waals surface area contributed by atoms with Crippen LogP contribution in [0.2, 0.25) is 0 Å². The van der Waals surface area contributed by atoms with Gasteiger partial charge < -0.3 is 9.63 Å². The number of aromatic hydroxyl groups is 1. The highest BCUT2D eigenvalue weighted by Gasteiger charge is 2.29. The highest BCUT2D eigenvalue weighted by atomic mass is 32.1. The van der Waals surface area contributed by atoms with Crippen LogP contribution in [-0.2, 0) is 5.41 Å². The van der Waals surface area contributed by atoms with Crippen molar-refractivity contribution in [3.63, 3.8) is 0 Å². The fourth-order valence-electron chi connectivity index (χ4n) is 3.53. The Hall–Kier alpha value is -3.39. The van der Waals surface area contributed by atoms with Crippen molar-refractivity contribution < 1.29 is 9.63 Å². The van der Waals surface area contributed by atoms with Crippen molar-refractivity contribution in [2.24, 2.45) is 0 Å². The fraction of sp³-hybridized carbons (Fsp3) is 0.190. The van der Waals surface area contributed by atoms with Crippen molar-refractivity contribution in [1.82, 2.24) is 24.9 Å². The highest BCUT2D eigenvalue weighted by molar-refractivity contribution is 7.08. The zero-order valence-corrected chi connectivity index (χ0v) is 17.0. The molecule has 0 saturated heterocycles. The summed E-state index contributed by atoms with van der Waals surface area (Å²) in [6, 6.07) is 7.60. The van der Waals surface area contributed by atoms with Crippen LogP contribution in [0.15, 0.2) is 52.0 Å². The Morgan fingerprint density at radius 1 is 1.14 bits per heavy atom. The summed E-state index contributed by atoms with van der Waals surface area (Å²) in [5.41, 5.74) is 4.76. The van der Waals surface area contributed by atoms with E-state index in [9.17, 15) is 5.11 Å². The summed E-state index contributed by atoms with van der Waals surface area (Å²) >= 11 is 1.61. The van der Waals surface area contributed by atoms with Crippen molar-refractivity contribution >= 4 is 22.2 Å². The molecule has 29 heavy (non-hydrogen) atoms. The van der Waals surface area contributed by atoms with E-state index in [1.54, 1.807) is 28.2 Å². The van der Waals surface area contributed by atoms with E-state index in [0.29, 0.717) is 17.0 Å². The van der Waals surface area contributed by atoms with Gasteiger partial charge in [0, 0.05) is 34.2 Å². The van der Waals surface area contributed by atoms with Crippen LogP contribution in [0.4, 0.5) is 0 Å². The number of nitrogens with one attached hydrogen (secondary N) is 1. The number of aromatic amines is 1. The summed E-state index contributed by atoms with van der Waals surface area (Å²) in [6.07, 6.45) is 3.25. The van der Waals surface area contributed by atoms with E-state index in [0.717, 1.165) is 27.9 Å². The Kier molecular flexibility index (Phi) is 3.85. The topological polar surface area (TPSA) is 92.8 Å². The smallest absolute Gasteiger partial charge is 0.224 e. The van der Waals surface area contributed by atoms with Crippen LogP contribution in [0.3, 0.4) is 0 Å². The van der Waals surface area contributed by atoms with Gasteiger partial charge in [-0.15, -0.1) is 0 Å². The maximum Gasteiger partial charge on any atom is 0.224 e. The number of fused-ring (bicyclic) bond motifs is 1. The lowest BCUT2D eigenvalue weighted by Gasteiger charge is -2.16. The van der Waals surface area contributed by atoms with Crippen molar-refractivity contribution in [2.45, 2.75) is 26.2 Å². The maximum absolute atomic E-state index is 11.1. The van der Waals surface area contributed by atoms with E-state index in [2.05, 4.69) is 46.5 Å². The molecule has 0 aromatic carbocycles. The zero-order valence-electron chi connectivity index (χ0n) is 16.2. The Morgan fingerprint density at radius 3 is 2.62 bits per heavy atom. The molecule has 0 amide bonds. The molecule has 0 aliphatic heterocycles. The van der Waals surface area contributed by atoms with Crippen molar-refractivity contribution in [3.8, 4) is 34.2 Å². The fourth-order valence-corrected chi connectivity index (χ4v) is 4.17. The lowest BCUT2D eigenvalue weighted by Crippen LogP contribution is -2.12. The van der Waals surface area contributed by atoms with Crippen LogP contribution >= 0.6 is 11.3 Å². The zero-order chi connectivity index (χ0) is 20.2. The van der Waals surface area contributed by atoms with Gasteiger partial charge in [-0.05, 0) is 23.6 Å². The average Bonchev–Trinajstić information content (AvgIpc) is 3.47. The monoisotopic (exact) mass is 405 g/mol. The minimum Gasteiger partial charge on any atom is -0.493 e. The molecule has 5 aromatic rings. The molecule has 8 heteroatoms. The number of hydrogen-bond acceptors (Lipinski definition) is 6. The number of pyridine rings is 1. The molecule has 0 aliphatic rings. The van der Waals surface area contributed by atoms with E-state index in [4.69, 9.17) is 4.52 Å². The maximum atomic E-state index is 11.1. The predicted molar refractivity (Wildman–Crippen MR) is 112 cm³/mol. The van der Waals surface area contributed by atoms with Gasteiger partial charge in [0.1, 0.15) is 23.3 Å². The van der Waals surface area contributed by atoms with Gasteiger partial charge in [0.05, 0.1) is 16.8 Å². The molecule has 146 valence electrons. The second-order valence-electron chi connectivity index (χ2n) is 7.88. The quantitative estimate of drug-likeness (QED) is 0.434. The predicted octanol–water partition coefficient (Wildman–Crippen LogP) is 5.14. The van der Waals surface area contributed by atoms with E-state index in [1.807, 2.05) is 23.6 Å². The van der Waals surface area contributed by atoms with Gasteiger partial charge in [-0.3, -0.25) is 9.67 Å². The number of rotatable bonds is 3. The molecule has 0 unspecified atom stereocenters. The van der Waals surface area contributed by atoms with Gasteiger partial charge in [-0.25, -0.2) is 4.98 Å². The SMILES string of the molecule is CC(C)(C)c1n[nH]c2c(O)n(-c3ccc(-c4ccon4)cn3)c(-c3ccsc3)c12. The van der Waals surface area contributed by atoms with Crippen molar-refractivity contribution in [3.05, 3.63) is 53.2 Å². The molecule has 0 spiro atoms. The number of H-pyrrole nitrogens is 1. The number of hydrogen-bond donors (Lipinski definition) is 2. The minimum atomic E-state index is -0.189. The third-order valence-corrected chi connectivity index (χ3v) is 5.56. The van der Waals surface area contributed by atoms with E-state index >= 15 is 0 Å². The first-order valence-electron chi connectivity index (χ1n) is 9.17. The van der Waals surface area contributed by atoms with Crippen LogP contribution in [0, 0.1) is 0 Å². The third-order valence-electron chi connectivity index (χ3n) is 4.88. The molecule has 5 aromatic heterocycles. The molecule has 0 atom stereocenters. The van der Waals surface area contributed by atoms with Gasteiger partial charge in [-0.2, -0.15) is 16.4 Å². The molecule has 0 bridgehead atoms. The van der Waals surface area contributed by atoms with Crippen LogP contribution in [0.5, 0.6) is 5.88 Å². The first-order chi connectivity index (χ1) is 13.9. The van der Waals surface area contributed by atoms with E-state index in [-0.39, 0.29) is 11.3 Å². The normalized spacial score (nSPS) is 12.1. The number of aromatic nitrogens is 5. The number of nitrogens with zero attached hydrogens (tertiary/aromatic N) is 4.